The second kappa shape index (κ2) is 5.89. The van der Waals surface area contributed by atoms with Crippen molar-refractivity contribution in [2.45, 2.75) is 13.0 Å². The lowest BCUT2D eigenvalue weighted by Crippen LogP contribution is -2.33. The lowest BCUT2D eigenvalue weighted by molar-refractivity contribution is -0.128. The van der Waals surface area contributed by atoms with Crippen LogP contribution in [0.5, 0.6) is 5.75 Å². The zero-order valence-corrected chi connectivity index (χ0v) is 13.1. The van der Waals surface area contributed by atoms with Gasteiger partial charge in [-0.1, -0.05) is 11.6 Å². The predicted octanol–water partition coefficient (Wildman–Crippen LogP) is 3.93. The molecule has 0 N–H and O–H groups in total. The van der Waals surface area contributed by atoms with Crippen molar-refractivity contribution in [2.24, 2.45) is 0 Å². The monoisotopic (exact) mass is 317 g/mol. The second-order valence-corrected chi connectivity index (χ2v) is 5.68. The van der Waals surface area contributed by atoms with Crippen molar-refractivity contribution in [1.82, 2.24) is 4.90 Å². The fraction of sp³-hybridized carbons (Fsp3) is 0.235. The van der Waals surface area contributed by atoms with Gasteiger partial charge < -0.3 is 14.1 Å². The number of rotatable bonds is 3. The molecule has 3 rings (SSSR count). The lowest BCUT2D eigenvalue weighted by atomic mass is 10.1. The van der Waals surface area contributed by atoms with Crippen molar-refractivity contribution in [1.29, 1.82) is 0 Å². The molecule has 0 radical (unpaired) electrons. The summed E-state index contributed by atoms with van der Waals surface area (Å²) in [6, 6.07) is 8.89. The van der Waals surface area contributed by atoms with Gasteiger partial charge in [-0.15, -0.1) is 0 Å². The molecule has 2 heterocycles. The second-order valence-electron chi connectivity index (χ2n) is 5.25. The molecule has 0 bridgehead atoms. The quantitative estimate of drug-likeness (QED) is 0.861. The van der Waals surface area contributed by atoms with E-state index >= 15 is 0 Å². The number of amides is 1. The molecule has 22 heavy (non-hydrogen) atoms. The normalized spacial score (nSPS) is 14.6. The Morgan fingerprint density at radius 1 is 1.36 bits per heavy atom. The first kappa shape index (κ1) is 14.7. The van der Waals surface area contributed by atoms with Crippen molar-refractivity contribution in [3.05, 3.63) is 58.5 Å². The molecular weight excluding hydrogens is 302 g/mol. The largest absolute Gasteiger partial charge is 0.488 e. The summed E-state index contributed by atoms with van der Waals surface area (Å²) in [6.07, 6.45) is 3.43. The van der Waals surface area contributed by atoms with E-state index < -0.39 is 0 Å². The number of ether oxygens (including phenoxy) is 1. The van der Waals surface area contributed by atoms with Gasteiger partial charge in [0.05, 0.1) is 17.9 Å². The van der Waals surface area contributed by atoms with E-state index in [2.05, 4.69) is 0 Å². The summed E-state index contributed by atoms with van der Waals surface area (Å²) in [7, 11) is 1.75. The zero-order valence-electron chi connectivity index (χ0n) is 12.4. The van der Waals surface area contributed by atoms with E-state index in [1.807, 2.05) is 31.2 Å². The summed E-state index contributed by atoms with van der Waals surface area (Å²) in [5.41, 5.74) is 1.41. The zero-order chi connectivity index (χ0) is 15.7. The van der Waals surface area contributed by atoms with Crippen LogP contribution >= 0.6 is 11.6 Å². The van der Waals surface area contributed by atoms with Crippen LogP contribution in [-0.2, 0) is 4.79 Å². The average Bonchev–Trinajstić information content (AvgIpc) is 3.06. The SMILES string of the molecule is CC(c1ccco1)N(C)C(=O)C1=Cc2cc(Cl)ccc2OC1. The smallest absolute Gasteiger partial charge is 0.253 e. The van der Waals surface area contributed by atoms with Crippen molar-refractivity contribution >= 4 is 23.6 Å². The van der Waals surface area contributed by atoms with Crippen LogP contribution in [0.3, 0.4) is 0 Å². The molecule has 1 aliphatic rings. The third kappa shape index (κ3) is 2.74. The number of likely N-dealkylation sites (N-methyl/N-ethyl adjacent to an activating group) is 1. The van der Waals surface area contributed by atoms with Crippen LogP contribution in [0.1, 0.15) is 24.3 Å². The first-order valence-electron chi connectivity index (χ1n) is 7.00. The molecule has 0 saturated heterocycles. The first-order valence-corrected chi connectivity index (χ1v) is 7.37. The topological polar surface area (TPSA) is 42.7 Å². The van der Waals surface area contributed by atoms with E-state index in [4.69, 9.17) is 20.8 Å². The molecule has 1 atom stereocenters. The van der Waals surface area contributed by atoms with Gasteiger partial charge >= 0.3 is 0 Å². The summed E-state index contributed by atoms with van der Waals surface area (Å²) in [6.45, 7) is 2.18. The van der Waals surface area contributed by atoms with E-state index in [1.165, 1.54) is 0 Å². The molecule has 0 fully saturated rings. The molecular formula is C17H16ClNO3. The molecule has 5 heteroatoms. The van der Waals surface area contributed by atoms with Crippen molar-refractivity contribution in [3.8, 4) is 5.75 Å². The maximum atomic E-state index is 12.6. The van der Waals surface area contributed by atoms with Crippen LogP contribution < -0.4 is 4.74 Å². The number of hydrogen-bond acceptors (Lipinski definition) is 3. The Morgan fingerprint density at radius 2 is 2.18 bits per heavy atom. The van der Waals surface area contributed by atoms with Gasteiger partial charge in [0, 0.05) is 17.6 Å². The van der Waals surface area contributed by atoms with Crippen LogP contribution in [0.15, 0.2) is 46.6 Å². The minimum atomic E-state index is -0.149. The van der Waals surface area contributed by atoms with E-state index in [9.17, 15) is 4.79 Å². The summed E-state index contributed by atoms with van der Waals surface area (Å²) in [5.74, 6) is 1.40. The molecule has 1 aromatic heterocycles. The van der Waals surface area contributed by atoms with E-state index in [1.54, 1.807) is 30.3 Å². The lowest BCUT2D eigenvalue weighted by Gasteiger charge is -2.26. The van der Waals surface area contributed by atoms with Crippen molar-refractivity contribution in [3.63, 3.8) is 0 Å². The first-order chi connectivity index (χ1) is 10.6. The van der Waals surface area contributed by atoms with Crippen LogP contribution in [0.25, 0.3) is 6.08 Å². The number of benzene rings is 1. The Kier molecular flexibility index (Phi) is 3.94. The molecule has 2 aromatic rings. The van der Waals surface area contributed by atoms with Gasteiger partial charge in [0.15, 0.2) is 0 Å². The number of furan rings is 1. The number of carbonyl (C=O) groups excluding carboxylic acids is 1. The van der Waals surface area contributed by atoms with Crippen LogP contribution in [0.4, 0.5) is 0 Å². The standard InChI is InChI=1S/C17H16ClNO3/c1-11(15-4-3-7-21-15)19(2)17(20)13-8-12-9-14(18)5-6-16(12)22-10-13/h3-9,11H,10H2,1-2H3. The molecule has 0 saturated carbocycles. The molecule has 114 valence electrons. The Labute approximate surface area is 133 Å². The number of nitrogens with zero attached hydrogens (tertiary/aromatic N) is 1. The molecule has 4 nitrogen and oxygen atoms in total. The highest BCUT2D eigenvalue weighted by Crippen LogP contribution is 2.30. The maximum Gasteiger partial charge on any atom is 0.253 e. The van der Waals surface area contributed by atoms with Crippen molar-refractivity contribution < 1.29 is 13.9 Å². The molecule has 0 aliphatic carbocycles. The summed E-state index contributed by atoms with van der Waals surface area (Å²) in [4.78, 5) is 14.3. The molecule has 1 unspecified atom stereocenters. The van der Waals surface area contributed by atoms with Crippen LogP contribution in [0, 0.1) is 0 Å². The van der Waals surface area contributed by atoms with E-state index in [0.29, 0.717) is 10.6 Å². The number of fused-ring (bicyclic) bond motifs is 1. The highest BCUT2D eigenvalue weighted by molar-refractivity contribution is 6.30. The minimum Gasteiger partial charge on any atom is -0.488 e. The fourth-order valence-electron chi connectivity index (χ4n) is 2.39. The van der Waals surface area contributed by atoms with E-state index in [0.717, 1.165) is 17.1 Å². The fourth-order valence-corrected chi connectivity index (χ4v) is 2.57. The summed E-state index contributed by atoms with van der Waals surface area (Å²) in [5, 5.41) is 0.615. The van der Waals surface area contributed by atoms with Gasteiger partial charge in [-0.25, -0.2) is 0 Å². The summed E-state index contributed by atoms with van der Waals surface area (Å²) < 4.78 is 11.0. The summed E-state index contributed by atoms with van der Waals surface area (Å²) >= 11 is 5.99. The van der Waals surface area contributed by atoms with Gasteiger partial charge in [-0.05, 0) is 43.3 Å². The highest BCUT2D eigenvalue weighted by atomic mass is 35.5. The molecule has 1 aromatic carbocycles. The van der Waals surface area contributed by atoms with Crippen LogP contribution in [0.2, 0.25) is 5.02 Å². The van der Waals surface area contributed by atoms with Gasteiger partial charge in [0.25, 0.3) is 5.91 Å². The van der Waals surface area contributed by atoms with Gasteiger partial charge in [0.2, 0.25) is 0 Å². The predicted molar refractivity (Wildman–Crippen MR) is 84.8 cm³/mol. The third-order valence-corrected chi connectivity index (χ3v) is 4.05. The Balaban J connectivity index is 1.83. The maximum absolute atomic E-state index is 12.6. The Morgan fingerprint density at radius 3 is 2.91 bits per heavy atom. The van der Waals surface area contributed by atoms with Crippen molar-refractivity contribution in [2.75, 3.05) is 13.7 Å². The van der Waals surface area contributed by atoms with E-state index in [-0.39, 0.29) is 18.6 Å². The number of carbonyl (C=O) groups is 1. The average molecular weight is 318 g/mol. The number of halogens is 1. The minimum absolute atomic E-state index is 0.0884. The van der Waals surface area contributed by atoms with Gasteiger partial charge in [-0.3, -0.25) is 4.79 Å². The molecule has 0 spiro atoms. The Bertz CT molecular complexity index is 722. The number of hydrogen-bond donors (Lipinski definition) is 0. The highest BCUT2D eigenvalue weighted by Gasteiger charge is 2.25. The third-order valence-electron chi connectivity index (χ3n) is 3.82. The molecule has 1 amide bonds. The molecule has 1 aliphatic heterocycles. The van der Waals surface area contributed by atoms with Gasteiger partial charge in [0.1, 0.15) is 18.1 Å². The Hall–Kier alpha value is -2.20. The van der Waals surface area contributed by atoms with Crippen LogP contribution in [-0.4, -0.2) is 24.5 Å². The van der Waals surface area contributed by atoms with Gasteiger partial charge in [-0.2, -0.15) is 0 Å².